The van der Waals surface area contributed by atoms with Gasteiger partial charge in [0.05, 0.1) is 0 Å². The lowest BCUT2D eigenvalue weighted by Gasteiger charge is -2.28. The monoisotopic (exact) mass is 287 g/mol. The molecule has 95 valence electrons. The molecule has 1 unspecified atom stereocenters. The maximum Gasteiger partial charge on any atom is 0.178 e. The van der Waals surface area contributed by atoms with Gasteiger partial charge in [0.25, 0.3) is 0 Å². The number of hydrogen-bond donors (Lipinski definition) is 0. The molecule has 0 aliphatic carbocycles. The molecule has 2 heterocycles. The van der Waals surface area contributed by atoms with Crippen LogP contribution in [0, 0.1) is 6.61 Å². The van der Waals surface area contributed by atoms with Crippen molar-refractivity contribution in [3.05, 3.63) is 55.1 Å². The van der Waals surface area contributed by atoms with Crippen molar-refractivity contribution < 1.29 is 9.47 Å². The lowest BCUT2D eigenvalue weighted by atomic mass is 10.3. The zero-order valence-corrected chi connectivity index (χ0v) is 11.6. The Bertz CT molecular complexity index is 590. The Kier molecular flexibility index (Phi) is 2.85. The van der Waals surface area contributed by atoms with E-state index in [2.05, 4.69) is 24.3 Å². The highest BCUT2D eigenvalue weighted by Gasteiger charge is 2.35. The van der Waals surface area contributed by atoms with Crippen LogP contribution in [0.25, 0.3) is 0 Å². The molecule has 0 saturated carbocycles. The van der Waals surface area contributed by atoms with Crippen molar-refractivity contribution in [2.75, 3.05) is 0 Å². The Labute approximate surface area is 120 Å². The third-order valence-corrected chi connectivity index (χ3v) is 5.97. The largest absolute Gasteiger partial charge is 0.480 e. The summed E-state index contributed by atoms with van der Waals surface area (Å²) in [5.74, 6) is 1.62. The molecular weight excluding hydrogens is 276 g/mol. The summed E-state index contributed by atoms with van der Waals surface area (Å²) in [6, 6.07) is 16.3. The van der Waals surface area contributed by atoms with Gasteiger partial charge in [0.15, 0.2) is 24.2 Å². The molecule has 4 heteroatoms. The van der Waals surface area contributed by atoms with E-state index < -0.39 is 0 Å². The highest BCUT2D eigenvalue weighted by Crippen LogP contribution is 2.51. The van der Waals surface area contributed by atoms with Crippen molar-refractivity contribution >= 4 is 23.5 Å². The molecule has 4 rings (SSSR count). The molecule has 2 aliphatic rings. The van der Waals surface area contributed by atoms with E-state index in [0.717, 1.165) is 11.5 Å². The molecule has 0 fully saturated rings. The number of thioether (sulfide) groups is 2. The zero-order valence-electron chi connectivity index (χ0n) is 9.98. The Hall–Kier alpha value is -1.26. The molecule has 0 amide bonds. The van der Waals surface area contributed by atoms with Crippen LogP contribution in [0.3, 0.4) is 0 Å². The van der Waals surface area contributed by atoms with E-state index >= 15 is 0 Å². The Balaban J connectivity index is 1.54. The number of rotatable bonds is 1. The SMILES string of the molecule is [CH]1Oc2ccccc2OC1C1Sc2ccccc2S1. The van der Waals surface area contributed by atoms with Crippen LogP contribution in [0.15, 0.2) is 58.3 Å². The van der Waals surface area contributed by atoms with Gasteiger partial charge in [-0.3, -0.25) is 0 Å². The Morgan fingerprint density at radius 3 is 2.16 bits per heavy atom. The minimum absolute atomic E-state index is 0.0303. The van der Waals surface area contributed by atoms with Crippen molar-refractivity contribution in [1.29, 1.82) is 0 Å². The summed E-state index contributed by atoms with van der Waals surface area (Å²) in [6.07, 6.45) is -0.0303. The van der Waals surface area contributed by atoms with Gasteiger partial charge in [0.1, 0.15) is 4.58 Å². The van der Waals surface area contributed by atoms with Crippen LogP contribution in [-0.4, -0.2) is 10.7 Å². The summed E-state index contributed by atoms with van der Waals surface area (Å²) in [5, 5.41) is 0. The fourth-order valence-electron chi connectivity index (χ4n) is 2.13. The lowest BCUT2D eigenvalue weighted by Crippen LogP contribution is -2.31. The first-order valence-corrected chi connectivity index (χ1v) is 7.84. The van der Waals surface area contributed by atoms with Crippen LogP contribution in [-0.2, 0) is 0 Å². The van der Waals surface area contributed by atoms with Crippen LogP contribution in [0.2, 0.25) is 0 Å². The number of benzene rings is 2. The summed E-state index contributed by atoms with van der Waals surface area (Å²) in [6.45, 7) is 1.80. The molecule has 0 saturated heterocycles. The van der Waals surface area contributed by atoms with E-state index in [1.165, 1.54) is 9.79 Å². The van der Waals surface area contributed by atoms with Gasteiger partial charge in [-0.05, 0) is 24.3 Å². The molecule has 0 aromatic heterocycles. The lowest BCUT2D eigenvalue weighted by molar-refractivity contribution is 0.151. The molecule has 2 nitrogen and oxygen atoms in total. The van der Waals surface area contributed by atoms with E-state index in [1.54, 1.807) is 6.61 Å². The number of hydrogen-bond acceptors (Lipinski definition) is 4. The zero-order chi connectivity index (χ0) is 12.7. The number of para-hydroxylation sites is 2. The molecule has 0 spiro atoms. The minimum Gasteiger partial charge on any atom is -0.480 e. The first-order chi connectivity index (χ1) is 9.40. The normalized spacial score (nSPS) is 21.2. The van der Waals surface area contributed by atoms with Crippen molar-refractivity contribution in [2.24, 2.45) is 0 Å². The van der Waals surface area contributed by atoms with Crippen molar-refractivity contribution in [3.8, 4) is 11.5 Å². The maximum absolute atomic E-state index is 6.02. The molecular formula is C15H11O2S2. The number of fused-ring (bicyclic) bond motifs is 2. The first-order valence-electron chi connectivity index (χ1n) is 6.08. The van der Waals surface area contributed by atoms with Gasteiger partial charge in [-0.2, -0.15) is 0 Å². The summed E-state index contributed by atoms with van der Waals surface area (Å²) >= 11 is 3.69. The molecule has 2 aliphatic heterocycles. The van der Waals surface area contributed by atoms with Crippen LogP contribution in [0.1, 0.15) is 0 Å². The molecule has 2 aromatic rings. The van der Waals surface area contributed by atoms with E-state index in [4.69, 9.17) is 9.47 Å². The first kappa shape index (κ1) is 11.6. The van der Waals surface area contributed by atoms with Gasteiger partial charge in [-0.15, -0.1) is 23.5 Å². The molecule has 1 radical (unpaired) electrons. The quantitative estimate of drug-likeness (QED) is 0.781. The fraction of sp³-hybridized carbons (Fsp3) is 0.133. The van der Waals surface area contributed by atoms with Gasteiger partial charge in [-0.25, -0.2) is 0 Å². The van der Waals surface area contributed by atoms with Crippen LogP contribution in [0.4, 0.5) is 0 Å². The summed E-state index contributed by atoms with van der Waals surface area (Å²) in [5.41, 5.74) is 0. The van der Waals surface area contributed by atoms with Gasteiger partial charge in [-0.1, -0.05) is 24.3 Å². The average Bonchev–Trinajstić information content (AvgIpc) is 2.90. The van der Waals surface area contributed by atoms with Gasteiger partial charge in [0.2, 0.25) is 0 Å². The van der Waals surface area contributed by atoms with E-state index in [-0.39, 0.29) is 6.10 Å². The molecule has 1 atom stereocenters. The second-order valence-electron chi connectivity index (χ2n) is 4.33. The van der Waals surface area contributed by atoms with E-state index in [1.807, 2.05) is 47.8 Å². The predicted molar refractivity (Wildman–Crippen MR) is 77.7 cm³/mol. The highest BCUT2D eigenvalue weighted by molar-refractivity contribution is 8.19. The minimum atomic E-state index is -0.0303. The van der Waals surface area contributed by atoms with E-state index in [0.29, 0.717) is 4.58 Å². The van der Waals surface area contributed by atoms with Crippen LogP contribution >= 0.6 is 23.5 Å². The maximum atomic E-state index is 6.02. The second-order valence-corrected chi connectivity index (χ2v) is 7.00. The molecule has 2 aromatic carbocycles. The number of ether oxygens (including phenoxy) is 2. The summed E-state index contributed by atoms with van der Waals surface area (Å²) < 4.78 is 12.0. The second kappa shape index (κ2) is 4.69. The smallest absolute Gasteiger partial charge is 0.178 e. The van der Waals surface area contributed by atoms with Crippen LogP contribution < -0.4 is 9.47 Å². The van der Waals surface area contributed by atoms with Gasteiger partial charge >= 0.3 is 0 Å². The van der Waals surface area contributed by atoms with Crippen molar-refractivity contribution in [2.45, 2.75) is 20.5 Å². The molecule has 19 heavy (non-hydrogen) atoms. The van der Waals surface area contributed by atoms with Gasteiger partial charge < -0.3 is 9.47 Å². The van der Waals surface area contributed by atoms with Crippen LogP contribution in [0.5, 0.6) is 11.5 Å². The molecule has 0 N–H and O–H groups in total. The highest BCUT2D eigenvalue weighted by atomic mass is 32.2. The Morgan fingerprint density at radius 1 is 0.789 bits per heavy atom. The fourth-order valence-corrected chi connectivity index (χ4v) is 4.93. The summed E-state index contributed by atoms with van der Waals surface area (Å²) in [7, 11) is 0. The summed E-state index contributed by atoms with van der Waals surface area (Å²) in [4.78, 5) is 2.65. The van der Waals surface area contributed by atoms with Crippen molar-refractivity contribution in [1.82, 2.24) is 0 Å². The topological polar surface area (TPSA) is 18.5 Å². The van der Waals surface area contributed by atoms with E-state index in [9.17, 15) is 0 Å². The Morgan fingerprint density at radius 2 is 1.42 bits per heavy atom. The third kappa shape index (κ3) is 2.09. The third-order valence-electron chi connectivity index (χ3n) is 3.04. The van der Waals surface area contributed by atoms with Crippen molar-refractivity contribution in [3.63, 3.8) is 0 Å². The average molecular weight is 287 g/mol. The standard InChI is InChI=1S/C15H11O2S2/c1-2-6-11-10(5-1)16-9-12(17-11)15-18-13-7-3-4-8-14(13)19-15/h1-9,12,15H. The van der Waals surface area contributed by atoms with Gasteiger partial charge in [0, 0.05) is 9.79 Å². The predicted octanol–water partition coefficient (Wildman–Crippen LogP) is 4.21. The molecule has 0 bridgehead atoms.